The fraction of sp³-hybridized carbons (Fsp3) is 0.600. The maximum Gasteiger partial charge on any atom is 0.0475 e. The van der Waals surface area contributed by atoms with Crippen molar-refractivity contribution in [2.75, 3.05) is 20.6 Å². The summed E-state index contributed by atoms with van der Waals surface area (Å²) in [6, 6.07) is 2.61. The van der Waals surface area contributed by atoms with E-state index in [1.807, 2.05) is 11.3 Å². The quantitative estimate of drug-likeness (QED) is 0.804. The number of hydrogen-bond acceptors (Lipinski definition) is 3. The van der Waals surface area contributed by atoms with E-state index >= 15 is 0 Å². The minimum atomic E-state index is 0.366. The second-order valence-corrected chi connectivity index (χ2v) is 5.04. The Hall–Kier alpha value is -0.380. The molecule has 0 spiro atoms. The first-order valence-corrected chi connectivity index (χ1v) is 5.31. The maximum atomic E-state index is 5.75. The molecule has 0 bridgehead atoms. The normalized spacial score (nSPS) is 13.7. The molecule has 13 heavy (non-hydrogen) atoms. The van der Waals surface area contributed by atoms with Gasteiger partial charge in [0.25, 0.3) is 0 Å². The van der Waals surface area contributed by atoms with Crippen LogP contribution in [0.1, 0.15) is 21.4 Å². The molecule has 0 aliphatic heterocycles. The van der Waals surface area contributed by atoms with Gasteiger partial charge in [0.05, 0.1) is 0 Å². The van der Waals surface area contributed by atoms with Crippen molar-refractivity contribution < 1.29 is 0 Å². The van der Waals surface area contributed by atoms with Crippen molar-refractivity contribution in [2.24, 2.45) is 5.73 Å². The highest BCUT2D eigenvalue weighted by Gasteiger charge is 2.15. The van der Waals surface area contributed by atoms with Crippen LogP contribution in [-0.4, -0.2) is 25.5 Å². The molecule has 1 aromatic heterocycles. The van der Waals surface area contributed by atoms with E-state index in [2.05, 4.69) is 38.9 Å². The third-order valence-corrected chi connectivity index (χ3v) is 3.27. The zero-order valence-electron chi connectivity index (χ0n) is 8.79. The first-order chi connectivity index (χ1) is 6.06. The molecule has 0 fully saturated rings. The molecule has 1 unspecified atom stereocenters. The van der Waals surface area contributed by atoms with Crippen LogP contribution in [0.5, 0.6) is 0 Å². The molecule has 2 N–H and O–H groups in total. The lowest BCUT2D eigenvalue weighted by molar-refractivity contribution is 0.306. The number of thiophene rings is 1. The first kappa shape index (κ1) is 10.7. The molecule has 0 aromatic carbocycles. The highest BCUT2D eigenvalue weighted by Crippen LogP contribution is 2.28. The van der Waals surface area contributed by atoms with Gasteiger partial charge < -0.3 is 10.6 Å². The van der Waals surface area contributed by atoms with Gasteiger partial charge in [-0.25, -0.2) is 0 Å². The third-order valence-electron chi connectivity index (χ3n) is 2.28. The van der Waals surface area contributed by atoms with Crippen LogP contribution in [0.15, 0.2) is 6.07 Å². The van der Waals surface area contributed by atoms with Crippen LogP contribution in [0.2, 0.25) is 0 Å². The van der Waals surface area contributed by atoms with E-state index in [1.54, 1.807) is 0 Å². The fourth-order valence-electron chi connectivity index (χ4n) is 1.60. The van der Waals surface area contributed by atoms with Crippen molar-refractivity contribution >= 4 is 11.3 Å². The van der Waals surface area contributed by atoms with Crippen LogP contribution in [0, 0.1) is 13.8 Å². The van der Waals surface area contributed by atoms with Crippen molar-refractivity contribution in [1.29, 1.82) is 0 Å². The van der Waals surface area contributed by atoms with E-state index in [4.69, 9.17) is 5.73 Å². The molecule has 0 aliphatic carbocycles. The molecular weight excluding hydrogens is 180 g/mol. The summed E-state index contributed by atoms with van der Waals surface area (Å²) < 4.78 is 0. The van der Waals surface area contributed by atoms with E-state index in [0.717, 1.165) is 0 Å². The minimum absolute atomic E-state index is 0.366. The number of nitrogens with zero attached hydrogens (tertiary/aromatic N) is 1. The molecule has 0 aliphatic rings. The Morgan fingerprint density at radius 3 is 2.38 bits per heavy atom. The Labute approximate surface area is 84.4 Å². The summed E-state index contributed by atoms with van der Waals surface area (Å²) >= 11 is 1.85. The van der Waals surface area contributed by atoms with Crippen LogP contribution in [0.4, 0.5) is 0 Å². The molecule has 1 aromatic rings. The van der Waals surface area contributed by atoms with Gasteiger partial charge in [-0.05, 0) is 39.6 Å². The number of likely N-dealkylation sites (N-methyl/N-ethyl adjacent to an activating group) is 1. The average Bonchev–Trinajstić information content (AvgIpc) is 2.31. The maximum absolute atomic E-state index is 5.75. The van der Waals surface area contributed by atoms with Crippen LogP contribution in [0.3, 0.4) is 0 Å². The van der Waals surface area contributed by atoms with Gasteiger partial charge in [0.2, 0.25) is 0 Å². The van der Waals surface area contributed by atoms with Gasteiger partial charge in [-0.15, -0.1) is 11.3 Å². The molecule has 74 valence electrons. The Bertz CT molecular complexity index is 278. The molecule has 3 heteroatoms. The molecule has 1 rings (SSSR count). The summed E-state index contributed by atoms with van der Waals surface area (Å²) in [6.45, 7) is 4.99. The van der Waals surface area contributed by atoms with Gasteiger partial charge in [-0.1, -0.05) is 0 Å². The van der Waals surface area contributed by atoms with Crippen LogP contribution < -0.4 is 5.73 Å². The third kappa shape index (κ3) is 2.30. The van der Waals surface area contributed by atoms with E-state index in [-0.39, 0.29) is 0 Å². The lowest BCUT2D eigenvalue weighted by Crippen LogP contribution is -2.27. The Balaban J connectivity index is 2.97. The Morgan fingerprint density at radius 2 is 2.08 bits per heavy atom. The Morgan fingerprint density at radius 1 is 1.46 bits per heavy atom. The number of rotatable bonds is 3. The van der Waals surface area contributed by atoms with Crippen molar-refractivity contribution in [3.05, 3.63) is 21.4 Å². The highest BCUT2D eigenvalue weighted by molar-refractivity contribution is 7.12. The average molecular weight is 198 g/mol. The van der Waals surface area contributed by atoms with Gasteiger partial charge in [0.15, 0.2) is 0 Å². The number of aryl methyl sites for hydroxylation is 2. The van der Waals surface area contributed by atoms with Gasteiger partial charge in [0, 0.05) is 22.3 Å². The lowest BCUT2D eigenvalue weighted by atomic mass is 10.1. The van der Waals surface area contributed by atoms with E-state index in [9.17, 15) is 0 Å². The van der Waals surface area contributed by atoms with Crippen molar-refractivity contribution in [1.82, 2.24) is 4.90 Å². The molecule has 0 amide bonds. The monoisotopic (exact) mass is 198 g/mol. The summed E-state index contributed by atoms with van der Waals surface area (Å²) in [6.07, 6.45) is 0. The molecule has 1 heterocycles. The summed E-state index contributed by atoms with van der Waals surface area (Å²) in [5, 5.41) is 0. The second kappa shape index (κ2) is 4.22. The summed E-state index contributed by atoms with van der Waals surface area (Å²) in [7, 11) is 4.15. The molecule has 0 saturated heterocycles. The smallest absolute Gasteiger partial charge is 0.0475 e. The van der Waals surface area contributed by atoms with Crippen LogP contribution in [0.25, 0.3) is 0 Å². The zero-order chi connectivity index (χ0) is 10.0. The summed E-state index contributed by atoms with van der Waals surface area (Å²) in [5.74, 6) is 0. The SMILES string of the molecule is Cc1cc(C(CN)N(C)C)c(C)s1. The number of hydrogen-bond donors (Lipinski definition) is 1. The molecule has 0 radical (unpaired) electrons. The van der Waals surface area contributed by atoms with Crippen LogP contribution in [-0.2, 0) is 0 Å². The van der Waals surface area contributed by atoms with Crippen molar-refractivity contribution in [2.45, 2.75) is 19.9 Å². The zero-order valence-corrected chi connectivity index (χ0v) is 9.61. The fourth-order valence-corrected chi connectivity index (χ4v) is 2.58. The van der Waals surface area contributed by atoms with E-state index < -0.39 is 0 Å². The first-order valence-electron chi connectivity index (χ1n) is 4.49. The van der Waals surface area contributed by atoms with Crippen LogP contribution >= 0.6 is 11.3 Å². The molecule has 1 atom stereocenters. The highest BCUT2D eigenvalue weighted by atomic mass is 32.1. The second-order valence-electron chi connectivity index (χ2n) is 3.58. The molecule has 2 nitrogen and oxygen atoms in total. The van der Waals surface area contributed by atoms with Gasteiger partial charge in [-0.3, -0.25) is 0 Å². The van der Waals surface area contributed by atoms with Gasteiger partial charge >= 0.3 is 0 Å². The van der Waals surface area contributed by atoms with Gasteiger partial charge in [-0.2, -0.15) is 0 Å². The largest absolute Gasteiger partial charge is 0.329 e. The van der Waals surface area contributed by atoms with Gasteiger partial charge in [0.1, 0.15) is 0 Å². The van der Waals surface area contributed by atoms with Crippen molar-refractivity contribution in [3.8, 4) is 0 Å². The van der Waals surface area contributed by atoms with Crippen molar-refractivity contribution in [3.63, 3.8) is 0 Å². The predicted octanol–water partition coefficient (Wildman–Crippen LogP) is 1.93. The molecular formula is C10H18N2S. The lowest BCUT2D eigenvalue weighted by Gasteiger charge is -2.22. The number of nitrogens with two attached hydrogens (primary N) is 1. The standard InChI is InChI=1S/C10H18N2S/c1-7-5-9(8(2)13-7)10(6-11)12(3)4/h5,10H,6,11H2,1-4H3. The van der Waals surface area contributed by atoms with E-state index in [1.165, 1.54) is 15.3 Å². The van der Waals surface area contributed by atoms with E-state index in [0.29, 0.717) is 12.6 Å². The minimum Gasteiger partial charge on any atom is -0.329 e. The summed E-state index contributed by atoms with van der Waals surface area (Å²) in [4.78, 5) is 4.93. The molecule has 0 saturated carbocycles. The predicted molar refractivity (Wildman–Crippen MR) is 59.3 cm³/mol. The topological polar surface area (TPSA) is 29.3 Å². The summed E-state index contributed by atoms with van der Waals surface area (Å²) in [5.41, 5.74) is 7.13. The Kier molecular flexibility index (Phi) is 3.47.